The second kappa shape index (κ2) is 11.6. The van der Waals surface area contributed by atoms with Crippen molar-refractivity contribution in [2.24, 2.45) is 0 Å². The highest BCUT2D eigenvalue weighted by Gasteiger charge is 2.46. The van der Waals surface area contributed by atoms with Crippen molar-refractivity contribution < 1.29 is 32.2 Å². The van der Waals surface area contributed by atoms with Gasteiger partial charge in [-0.15, -0.1) is 0 Å². The van der Waals surface area contributed by atoms with E-state index in [-0.39, 0.29) is 29.7 Å². The zero-order chi connectivity index (χ0) is 26.7. The summed E-state index contributed by atoms with van der Waals surface area (Å²) in [6.45, 7) is 3.31. The van der Waals surface area contributed by atoms with Crippen LogP contribution in [0.5, 0.6) is 5.75 Å². The molecule has 0 radical (unpaired) electrons. The number of aliphatic hydroxyl groups excluding tert-OH is 1. The first kappa shape index (κ1) is 26.9. The molecule has 0 aromatic heterocycles. The van der Waals surface area contributed by atoms with Crippen molar-refractivity contribution in [3.8, 4) is 5.75 Å². The lowest BCUT2D eigenvalue weighted by Crippen LogP contribution is -2.47. The van der Waals surface area contributed by atoms with Gasteiger partial charge in [-0.05, 0) is 74.8 Å². The molecular formula is C27H34FN3O6S. The van der Waals surface area contributed by atoms with Crippen LogP contribution < -0.4 is 14.8 Å². The molecule has 206 valence electrons. The van der Waals surface area contributed by atoms with Crippen molar-refractivity contribution in [3.63, 3.8) is 0 Å². The van der Waals surface area contributed by atoms with Gasteiger partial charge in [0.25, 0.3) is 10.0 Å². The molecule has 38 heavy (non-hydrogen) atoms. The van der Waals surface area contributed by atoms with Gasteiger partial charge in [0.1, 0.15) is 23.8 Å². The lowest BCUT2D eigenvalue weighted by Gasteiger charge is -2.37. The number of carbonyl (C=O) groups excluding carboxylic acids is 1. The van der Waals surface area contributed by atoms with Crippen molar-refractivity contribution in [1.29, 1.82) is 0 Å². The van der Waals surface area contributed by atoms with Crippen LogP contribution in [-0.4, -0.2) is 75.4 Å². The van der Waals surface area contributed by atoms with Crippen LogP contribution in [0, 0.1) is 5.82 Å². The van der Waals surface area contributed by atoms with E-state index in [9.17, 15) is 22.7 Å². The van der Waals surface area contributed by atoms with Crippen molar-refractivity contribution in [1.82, 2.24) is 10.2 Å². The molecule has 3 aliphatic heterocycles. The summed E-state index contributed by atoms with van der Waals surface area (Å²) in [5, 5.41) is 13.0. The van der Waals surface area contributed by atoms with E-state index in [0.717, 1.165) is 37.3 Å². The average molecular weight is 548 g/mol. The third-order valence-electron chi connectivity index (χ3n) is 7.49. The van der Waals surface area contributed by atoms with Gasteiger partial charge >= 0.3 is 0 Å². The minimum atomic E-state index is -3.91. The van der Waals surface area contributed by atoms with E-state index in [1.807, 2.05) is 0 Å². The molecule has 0 aliphatic carbocycles. The topological polar surface area (TPSA) is 117 Å². The molecule has 3 heterocycles. The lowest BCUT2D eigenvalue weighted by molar-refractivity contribution is -0.142. The number of fused-ring (bicyclic) bond motifs is 3. The van der Waals surface area contributed by atoms with E-state index < -0.39 is 34.2 Å². The number of piperidine rings is 1. The zero-order valence-electron chi connectivity index (χ0n) is 21.1. The van der Waals surface area contributed by atoms with Crippen LogP contribution in [-0.2, 0) is 19.6 Å². The summed E-state index contributed by atoms with van der Waals surface area (Å²) in [7, 11) is -3.91. The Morgan fingerprint density at radius 3 is 2.61 bits per heavy atom. The number of rotatable bonds is 9. The van der Waals surface area contributed by atoms with Crippen LogP contribution in [0.3, 0.4) is 0 Å². The maximum Gasteiger partial charge on any atom is 0.261 e. The van der Waals surface area contributed by atoms with Crippen molar-refractivity contribution in [2.45, 2.75) is 61.2 Å². The second-order valence-corrected chi connectivity index (χ2v) is 11.9. The highest BCUT2D eigenvalue weighted by atomic mass is 32.2. The highest BCUT2D eigenvalue weighted by molar-refractivity contribution is 7.92. The van der Waals surface area contributed by atoms with Gasteiger partial charge in [-0.25, -0.2) is 12.8 Å². The summed E-state index contributed by atoms with van der Waals surface area (Å²) < 4.78 is 53.5. The normalized spacial score (nSPS) is 25.2. The summed E-state index contributed by atoms with van der Waals surface area (Å²) in [6, 6.07) is 9.60. The number of benzene rings is 2. The van der Waals surface area contributed by atoms with Gasteiger partial charge in [-0.2, -0.15) is 0 Å². The van der Waals surface area contributed by atoms with Gasteiger partial charge < -0.3 is 24.8 Å². The van der Waals surface area contributed by atoms with Crippen LogP contribution in [0.1, 0.15) is 43.6 Å². The Morgan fingerprint density at radius 2 is 1.87 bits per heavy atom. The molecule has 2 saturated heterocycles. The van der Waals surface area contributed by atoms with Crippen molar-refractivity contribution >= 4 is 21.6 Å². The van der Waals surface area contributed by atoms with Crippen LogP contribution in [0.25, 0.3) is 0 Å². The van der Waals surface area contributed by atoms with E-state index in [1.54, 1.807) is 18.2 Å². The first-order chi connectivity index (χ1) is 18.3. The molecule has 3 N–H and O–H groups in total. The predicted molar refractivity (Wildman–Crippen MR) is 139 cm³/mol. The molecule has 0 saturated carbocycles. The van der Waals surface area contributed by atoms with E-state index in [4.69, 9.17) is 9.47 Å². The van der Waals surface area contributed by atoms with Crippen LogP contribution >= 0.6 is 0 Å². The number of halogens is 1. The number of likely N-dealkylation sites (tertiary alicyclic amines) is 1. The monoisotopic (exact) mass is 547 g/mol. The minimum Gasteiger partial charge on any atom is -0.487 e. The molecule has 0 bridgehead atoms. The van der Waals surface area contributed by atoms with Gasteiger partial charge in [0.2, 0.25) is 5.91 Å². The number of hydrogen-bond acceptors (Lipinski definition) is 7. The molecule has 2 fully saturated rings. The number of anilines is 1. The second-order valence-electron chi connectivity index (χ2n) is 10.2. The molecule has 11 heteroatoms. The molecule has 2 aromatic carbocycles. The number of nitrogens with one attached hydrogen (secondary N) is 2. The molecule has 2 aromatic rings. The summed E-state index contributed by atoms with van der Waals surface area (Å²) in [4.78, 5) is 15.0. The summed E-state index contributed by atoms with van der Waals surface area (Å²) in [5.74, 6) is -0.189. The minimum absolute atomic E-state index is 0.0497. The standard InChI is InChI=1S/C27H34FN3O6S/c28-18-4-7-21(8-5-18)38(34,35)30-19-6-9-24-22(14-19)23-15-20(36-25(17-32)27(23)37-24)16-26(33)29-10-13-31-11-2-1-3-12-31/h4-9,14,20,23,25,27,30,32H,1-3,10-13,15-17H2,(H,29,33)/t20-,23+,25+,27-/m0/s1. The molecule has 0 unspecified atom stereocenters. The van der Waals surface area contributed by atoms with E-state index in [2.05, 4.69) is 14.9 Å². The fourth-order valence-electron chi connectivity index (χ4n) is 5.60. The van der Waals surface area contributed by atoms with E-state index in [1.165, 1.54) is 31.4 Å². The van der Waals surface area contributed by atoms with Gasteiger partial charge in [0.15, 0.2) is 0 Å². The third kappa shape index (κ3) is 6.12. The molecular weight excluding hydrogens is 513 g/mol. The number of ether oxygens (including phenoxy) is 2. The highest BCUT2D eigenvalue weighted by Crippen LogP contribution is 2.47. The lowest BCUT2D eigenvalue weighted by atomic mass is 9.84. The largest absolute Gasteiger partial charge is 0.487 e. The fourth-order valence-corrected chi connectivity index (χ4v) is 6.65. The first-order valence-corrected chi connectivity index (χ1v) is 14.6. The summed E-state index contributed by atoms with van der Waals surface area (Å²) >= 11 is 0. The van der Waals surface area contributed by atoms with Crippen LogP contribution in [0.2, 0.25) is 0 Å². The molecule has 0 spiro atoms. The Morgan fingerprint density at radius 1 is 1.11 bits per heavy atom. The number of amides is 1. The smallest absolute Gasteiger partial charge is 0.261 e. The Kier molecular flexibility index (Phi) is 8.18. The Hall–Kier alpha value is -2.73. The number of aliphatic hydroxyl groups is 1. The maximum absolute atomic E-state index is 13.2. The summed E-state index contributed by atoms with van der Waals surface area (Å²) in [5.41, 5.74) is 1.14. The van der Waals surface area contributed by atoms with Crippen LogP contribution in [0.4, 0.5) is 10.1 Å². The predicted octanol–water partition coefficient (Wildman–Crippen LogP) is 2.61. The number of carbonyl (C=O) groups is 1. The van der Waals surface area contributed by atoms with Gasteiger partial charge in [0.05, 0.1) is 24.0 Å². The number of sulfonamides is 1. The molecule has 5 rings (SSSR count). The Balaban J connectivity index is 1.23. The molecule has 3 aliphatic rings. The van der Waals surface area contributed by atoms with Gasteiger partial charge in [-0.1, -0.05) is 6.42 Å². The zero-order valence-corrected chi connectivity index (χ0v) is 22.0. The van der Waals surface area contributed by atoms with E-state index >= 15 is 0 Å². The quantitative estimate of drug-likeness (QED) is 0.442. The number of nitrogens with zero attached hydrogens (tertiary/aromatic N) is 1. The SMILES string of the molecule is O=C(C[C@@H]1C[C@@H]2c3cc(NS(=O)(=O)c4ccc(F)cc4)ccc3O[C@@H]2[C@@H](CO)O1)NCCN1CCCCC1. The Labute approximate surface area is 222 Å². The fraction of sp³-hybridized carbons (Fsp3) is 0.519. The van der Waals surface area contributed by atoms with Crippen molar-refractivity contribution in [2.75, 3.05) is 37.5 Å². The average Bonchev–Trinajstić information content (AvgIpc) is 3.27. The maximum atomic E-state index is 13.2. The number of hydrogen-bond donors (Lipinski definition) is 3. The summed E-state index contributed by atoms with van der Waals surface area (Å²) in [6.07, 6.45) is 2.90. The molecule has 4 atom stereocenters. The third-order valence-corrected chi connectivity index (χ3v) is 8.88. The molecule has 1 amide bonds. The molecule has 9 nitrogen and oxygen atoms in total. The van der Waals surface area contributed by atoms with E-state index in [0.29, 0.717) is 24.4 Å². The van der Waals surface area contributed by atoms with Gasteiger partial charge in [-0.3, -0.25) is 9.52 Å². The Bertz CT molecular complexity index is 1240. The van der Waals surface area contributed by atoms with Crippen molar-refractivity contribution in [3.05, 3.63) is 53.8 Å². The van der Waals surface area contributed by atoms with Crippen LogP contribution in [0.15, 0.2) is 47.4 Å². The van der Waals surface area contributed by atoms with Gasteiger partial charge in [0, 0.05) is 30.3 Å². The first-order valence-electron chi connectivity index (χ1n) is 13.2.